The molecule has 0 amide bonds. The molecule has 118 valence electrons. The van der Waals surface area contributed by atoms with Crippen molar-refractivity contribution in [2.75, 3.05) is 24.0 Å². The zero-order chi connectivity index (χ0) is 16.2. The minimum absolute atomic E-state index is 0.117. The molecule has 0 aliphatic carbocycles. The fraction of sp³-hybridized carbons (Fsp3) is 0.500. The van der Waals surface area contributed by atoms with E-state index < -0.39 is 11.7 Å². The number of anilines is 1. The Balaban J connectivity index is 3.26. The molecule has 0 bridgehead atoms. The summed E-state index contributed by atoms with van der Waals surface area (Å²) in [6.45, 7) is 2.02. The van der Waals surface area contributed by atoms with Crippen molar-refractivity contribution in [3.63, 3.8) is 0 Å². The highest BCUT2D eigenvalue weighted by Gasteiger charge is 2.31. The SMILES string of the molecule is CCC(CSC)N(C)c1ccc(C(F)(F)F)cc1C(=N)N. The van der Waals surface area contributed by atoms with E-state index in [2.05, 4.69) is 0 Å². The first kappa shape index (κ1) is 17.7. The largest absolute Gasteiger partial charge is 0.416 e. The highest BCUT2D eigenvalue weighted by atomic mass is 32.2. The number of amidine groups is 1. The summed E-state index contributed by atoms with van der Waals surface area (Å²) >= 11 is 1.67. The predicted octanol–water partition coefficient (Wildman–Crippen LogP) is 3.57. The molecule has 0 aliphatic heterocycles. The third-order valence-corrected chi connectivity index (χ3v) is 4.09. The van der Waals surface area contributed by atoms with Gasteiger partial charge in [-0.15, -0.1) is 0 Å². The van der Waals surface area contributed by atoms with Gasteiger partial charge in [0.2, 0.25) is 0 Å². The lowest BCUT2D eigenvalue weighted by Crippen LogP contribution is -2.35. The third-order valence-electron chi connectivity index (χ3n) is 3.37. The lowest BCUT2D eigenvalue weighted by Gasteiger charge is -2.30. The number of nitrogens with two attached hydrogens (primary N) is 1. The Kier molecular flexibility index (Phi) is 5.95. The van der Waals surface area contributed by atoms with Crippen LogP contribution in [0.15, 0.2) is 18.2 Å². The highest BCUT2D eigenvalue weighted by Crippen LogP contribution is 2.33. The molecule has 1 unspecified atom stereocenters. The van der Waals surface area contributed by atoms with Gasteiger partial charge in [-0.1, -0.05) is 6.92 Å². The Morgan fingerprint density at radius 1 is 1.43 bits per heavy atom. The van der Waals surface area contributed by atoms with Gasteiger partial charge < -0.3 is 10.6 Å². The van der Waals surface area contributed by atoms with Gasteiger partial charge in [0.15, 0.2) is 0 Å². The van der Waals surface area contributed by atoms with Crippen molar-refractivity contribution in [2.45, 2.75) is 25.6 Å². The second kappa shape index (κ2) is 7.06. The molecular weight excluding hydrogens is 299 g/mol. The van der Waals surface area contributed by atoms with Crippen molar-refractivity contribution in [1.29, 1.82) is 5.41 Å². The van der Waals surface area contributed by atoms with Crippen molar-refractivity contribution in [2.24, 2.45) is 5.73 Å². The molecular formula is C14H20F3N3S. The number of nitrogen functional groups attached to an aromatic ring is 1. The summed E-state index contributed by atoms with van der Waals surface area (Å²) in [7, 11) is 1.82. The average Bonchev–Trinajstić information content (AvgIpc) is 2.42. The molecule has 21 heavy (non-hydrogen) atoms. The fourth-order valence-electron chi connectivity index (χ4n) is 2.13. The number of hydrogen-bond donors (Lipinski definition) is 2. The molecule has 0 fully saturated rings. The normalized spacial score (nSPS) is 13.0. The van der Waals surface area contributed by atoms with E-state index in [4.69, 9.17) is 11.1 Å². The Bertz CT molecular complexity index is 503. The van der Waals surface area contributed by atoms with E-state index in [1.54, 1.807) is 11.8 Å². The van der Waals surface area contributed by atoms with E-state index in [0.29, 0.717) is 5.69 Å². The average molecular weight is 319 g/mol. The molecule has 0 aromatic heterocycles. The number of rotatable bonds is 6. The molecule has 0 radical (unpaired) electrons. The summed E-state index contributed by atoms with van der Waals surface area (Å²) in [4.78, 5) is 1.90. The molecule has 0 aliphatic rings. The van der Waals surface area contributed by atoms with Gasteiger partial charge in [0.05, 0.1) is 5.56 Å². The molecule has 1 atom stereocenters. The van der Waals surface area contributed by atoms with Crippen molar-refractivity contribution < 1.29 is 13.2 Å². The smallest absolute Gasteiger partial charge is 0.384 e. The first-order chi connectivity index (χ1) is 9.72. The van der Waals surface area contributed by atoms with E-state index in [0.717, 1.165) is 24.3 Å². The number of halogens is 3. The second-order valence-corrected chi connectivity index (χ2v) is 5.68. The van der Waals surface area contributed by atoms with Gasteiger partial charge in [0, 0.05) is 30.1 Å². The van der Waals surface area contributed by atoms with Crippen LogP contribution in [0.4, 0.5) is 18.9 Å². The van der Waals surface area contributed by atoms with Crippen LogP contribution in [0.1, 0.15) is 24.5 Å². The van der Waals surface area contributed by atoms with E-state index in [1.807, 2.05) is 25.1 Å². The standard InChI is InChI=1S/C14H20F3N3S/c1-4-10(8-21-3)20(2)12-6-5-9(14(15,16)17)7-11(12)13(18)19/h5-7,10H,4,8H2,1-3H3,(H3,18,19). The molecule has 0 saturated heterocycles. The quantitative estimate of drug-likeness (QED) is 0.622. The van der Waals surface area contributed by atoms with Crippen LogP contribution in [0, 0.1) is 5.41 Å². The summed E-state index contributed by atoms with van der Waals surface area (Å²) in [5.74, 6) is 0.493. The van der Waals surface area contributed by atoms with Crippen LogP contribution >= 0.6 is 11.8 Å². The molecule has 0 spiro atoms. The van der Waals surface area contributed by atoms with Crippen molar-refractivity contribution in [3.8, 4) is 0 Å². The molecule has 7 heteroatoms. The number of nitrogens with one attached hydrogen (secondary N) is 1. The van der Waals surface area contributed by atoms with Gasteiger partial charge in [0.25, 0.3) is 0 Å². The highest BCUT2D eigenvalue weighted by molar-refractivity contribution is 7.98. The maximum Gasteiger partial charge on any atom is 0.416 e. The lowest BCUT2D eigenvalue weighted by molar-refractivity contribution is -0.137. The number of nitrogens with zero attached hydrogens (tertiary/aromatic N) is 1. The van der Waals surface area contributed by atoms with Gasteiger partial charge in [-0.2, -0.15) is 24.9 Å². The Morgan fingerprint density at radius 2 is 2.05 bits per heavy atom. The number of thioether (sulfide) groups is 1. The minimum atomic E-state index is -4.44. The van der Waals surface area contributed by atoms with Crippen LogP contribution in [-0.2, 0) is 6.18 Å². The minimum Gasteiger partial charge on any atom is -0.384 e. The molecule has 1 aromatic rings. The molecule has 1 rings (SSSR count). The molecule has 0 heterocycles. The first-order valence-electron chi connectivity index (χ1n) is 6.49. The van der Waals surface area contributed by atoms with Crippen LogP contribution in [0.2, 0.25) is 0 Å². The molecule has 0 saturated carbocycles. The van der Waals surface area contributed by atoms with Gasteiger partial charge in [0.1, 0.15) is 5.84 Å². The molecule has 3 N–H and O–H groups in total. The van der Waals surface area contributed by atoms with E-state index in [1.165, 1.54) is 6.07 Å². The maximum atomic E-state index is 12.8. The van der Waals surface area contributed by atoms with Crippen molar-refractivity contribution in [3.05, 3.63) is 29.3 Å². The Morgan fingerprint density at radius 3 is 2.48 bits per heavy atom. The summed E-state index contributed by atoms with van der Waals surface area (Å²) in [5, 5.41) is 7.55. The van der Waals surface area contributed by atoms with E-state index in [-0.39, 0.29) is 17.4 Å². The first-order valence-corrected chi connectivity index (χ1v) is 7.89. The van der Waals surface area contributed by atoms with E-state index in [9.17, 15) is 13.2 Å². The monoisotopic (exact) mass is 319 g/mol. The topological polar surface area (TPSA) is 53.1 Å². The van der Waals surface area contributed by atoms with Crippen LogP contribution in [0.25, 0.3) is 0 Å². The summed E-state index contributed by atoms with van der Waals surface area (Å²) < 4.78 is 38.3. The zero-order valence-electron chi connectivity index (χ0n) is 12.3. The van der Waals surface area contributed by atoms with Gasteiger partial charge >= 0.3 is 6.18 Å². The molecule has 1 aromatic carbocycles. The number of benzene rings is 1. The van der Waals surface area contributed by atoms with Crippen LogP contribution in [0.5, 0.6) is 0 Å². The predicted molar refractivity (Wildman–Crippen MR) is 83.3 cm³/mol. The summed E-state index contributed by atoms with van der Waals surface area (Å²) in [5.41, 5.74) is 5.34. The summed E-state index contributed by atoms with van der Waals surface area (Å²) in [6, 6.07) is 3.54. The Hall–Kier alpha value is -1.37. The number of alkyl halides is 3. The van der Waals surface area contributed by atoms with Crippen molar-refractivity contribution >= 4 is 23.3 Å². The lowest BCUT2D eigenvalue weighted by atomic mass is 10.0. The van der Waals surface area contributed by atoms with Crippen LogP contribution < -0.4 is 10.6 Å². The second-order valence-electron chi connectivity index (χ2n) is 4.77. The maximum absolute atomic E-state index is 12.8. The van der Waals surface area contributed by atoms with E-state index >= 15 is 0 Å². The zero-order valence-corrected chi connectivity index (χ0v) is 13.1. The van der Waals surface area contributed by atoms with Gasteiger partial charge in [-0.3, -0.25) is 5.41 Å². The molecule has 3 nitrogen and oxygen atoms in total. The van der Waals surface area contributed by atoms with Crippen LogP contribution in [-0.4, -0.2) is 30.9 Å². The Labute approximate surface area is 127 Å². The van der Waals surface area contributed by atoms with Crippen molar-refractivity contribution in [1.82, 2.24) is 0 Å². The van der Waals surface area contributed by atoms with Gasteiger partial charge in [-0.05, 0) is 30.9 Å². The van der Waals surface area contributed by atoms with Gasteiger partial charge in [-0.25, -0.2) is 0 Å². The number of hydrogen-bond acceptors (Lipinski definition) is 3. The summed E-state index contributed by atoms with van der Waals surface area (Å²) in [6.07, 6.45) is -1.60. The third kappa shape index (κ3) is 4.30. The van der Waals surface area contributed by atoms with Crippen LogP contribution in [0.3, 0.4) is 0 Å². The fourth-order valence-corrected chi connectivity index (χ4v) is 2.97.